The summed E-state index contributed by atoms with van der Waals surface area (Å²) in [7, 11) is 1.47. The molecule has 43 heavy (non-hydrogen) atoms. The van der Waals surface area contributed by atoms with Gasteiger partial charge in [0.05, 0.1) is 13.0 Å². The second kappa shape index (κ2) is 14.6. The number of rotatable bonds is 12. The molecule has 3 aromatic carbocycles. The number of esters is 4. The molecule has 9 heteroatoms. The molecule has 0 fully saturated rings. The van der Waals surface area contributed by atoms with Crippen LogP contribution in [0.4, 0.5) is 0 Å². The Morgan fingerprint density at radius 3 is 1.81 bits per heavy atom. The molecular weight excluding hydrogens is 552 g/mol. The Morgan fingerprint density at radius 1 is 0.674 bits per heavy atom. The van der Waals surface area contributed by atoms with Crippen LogP contribution in [0, 0.1) is 5.92 Å². The number of carbonyl (C=O) groups excluding carboxylic acids is 4. The van der Waals surface area contributed by atoms with Crippen LogP contribution in [0.5, 0.6) is 28.7 Å². The molecule has 9 nitrogen and oxygen atoms in total. The molecule has 0 atom stereocenters. The SMILES string of the molecule is C=C(C)C(=O)Oc1ccc(CCC(=O)Oc2ccc(-c3ccc(OC(=O)C(C)C)cc3)cc2OC)cc1OC(=O)C(=C)C. The highest BCUT2D eigenvalue weighted by Crippen LogP contribution is 2.34. The van der Waals surface area contributed by atoms with Crippen molar-refractivity contribution in [2.24, 2.45) is 5.92 Å². The van der Waals surface area contributed by atoms with Crippen molar-refractivity contribution in [1.82, 2.24) is 0 Å². The predicted molar refractivity (Wildman–Crippen MR) is 160 cm³/mol. The zero-order valence-corrected chi connectivity index (χ0v) is 24.9. The number of hydrogen-bond acceptors (Lipinski definition) is 9. The van der Waals surface area contributed by atoms with Gasteiger partial charge in [-0.15, -0.1) is 0 Å². The van der Waals surface area contributed by atoms with Crippen LogP contribution in [-0.4, -0.2) is 31.0 Å². The van der Waals surface area contributed by atoms with Crippen LogP contribution in [0.1, 0.15) is 39.7 Å². The Kier molecular flexibility index (Phi) is 11.0. The average Bonchev–Trinajstić information content (AvgIpc) is 2.97. The lowest BCUT2D eigenvalue weighted by atomic mass is 10.0. The Labute approximate surface area is 250 Å². The topological polar surface area (TPSA) is 114 Å². The number of benzene rings is 3. The van der Waals surface area contributed by atoms with E-state index in [-0.39, 0.29) is 53.1 Å². The highest BCUT2D eigenvalue weighted by Gasteiger charge is 2.17. The fourth-order valence-electron chi connectivity index (χ4n) is 3.55. The smallest absolute Gasteiger partial charge is 0.338 e. The predicted octanol–water partition coefficient (Wildman–Crippen LogP) is 6.42. The largest absolute Gasteiger partial charge is 0.493 e. The van der Waals surface area contributed by atoms with Gasteiger partial charge >= 0.3 is 23.9 Å². The fraction of sp³-hybridized carbons (Fsp3) is 0.235. The van der Waals surface area contributed by atoms with Gasteiger partial charge in [0.1, 0.15) is 5.75 Å². The lowest BCUT2D eigenvalue weighted by molar-refractivity contribution is -0.138. The van der Waals surface area contributed by atoms with E-state index in [1.165, 1.54) is 33.1 Å². The van der Waals surface area contributed by atoms with Gasteiger partial charge in [-0.2, -0.15) is 0 Å². The van der Waals surface area contributed by atoms with Gasteiger partial charge in [0.15, 0.2) is 23.0 Å². The third-order valence-corrected chi connectivity index (χ3v) is 5.99. The van der Waals surface area contributed by atoms with Crippen molar-refractivity contribution >= 4 is 23.9 Å². The van der Waals surface area contributed by atoms with Gasteiger partial charge in [0.25, 0.3) is 0 Å². The van der Waals surface area contributed by atoms with E-state index in [4.69, 9.17) is 23.7 Å². The molecule has 0 aromatic heterocycles. The van der Waals surface area contributed by atoms with E-state index < -0.39 is 17.9 Å². The third-order valence-electron chi connectivity index (χ3n) is 5.99. The minimum absolute atomic E-state index is 0.000236. The van der Waals surface area contributed by atoms with Crippen molar-refractivity contribution in [1.29, 1.82) is 0 Å². The van der Waals surface area contributed by atoms with E-state index in [9.17, 15) is 19.2 Å². The summed E-state index contributed by atoms with van der Waals surface area (Å²) in [4.78, 5) is 48.7. The van der Waals surface area contributed by atoms with Crippen molar-refractivity contribution < 1.29 is 42.9 Å². The highest BCUT2D eigenvalue weighted by molar-refractivity contribution is 5.91. The minimum Gasteiger partial charge on any atom is -0.493 e. The summed E-state index contributed by atoms with van der Waals surface area (Å²) in [6.07, 6.45) is 0.250. The first kappa shape index (κ1) is 32.3. The molecule has 3 aromatic rings. The van der Waals surface area contributed by atoms with Gasteiger partial charge < -0.3 is 23.7 Å². The van der Waals surface area contributed by atoms with E-state index >= 15 is 0 Å². The number of ether oxygens (including phenoxy) is 5. The van der Waals surface area contributed by atoms with E-state index in [0.717, 1.165) is 11.1 Å². The maximum atomic E-state index is 12.7. The number of hydrogen-bond donors (Lipinski definition) is 0. The van der Waals surface area contributed by atoms with Gasteiger partial charge in [0.2, 0.25) is 0 Å². The van der Waals surface area contributed by atoms with Crippen LogP contribution in [0.3, 0.4) is 0 Å². The summed E-state index contributed by atoms with van der Waals surface area (Å²) in [6, 6.07) is 16.8. The van der Waals surface area contributed by atoms with E-state index in [1.807, 2.05) is 12.1 Å². The van der Waals surface area contributed by atoms with Crippen LogP contribution < -0.4 is 23.7 Å². The maximum absolute atomic E-state index is 12.7. The van der Waals surface area contributed by atoms with Crippen molar-refractivity contribution in [2.45, 2.75) is 40.5 Å². The summed E-state index contributed by atoms with van der Waals surface area (Å²) in [5.74, 6) is -1.32. The molecule has 0 heterocycles. The Hall–Kier alpha value is -5.18. The molecule has 0 saturated heterocycles. The van der Waals surface area contributed by atoms with Crippen molar-refractivity contribution in [2.75, 3.05) is 7.11 Å². The summed E-state index contributed by atoms with van der Waals surface area (Å²) in [5, 5.41) is 0. The molecule has 0 saturated carbocycles. The van der Waals surface area contributed by atoms with E-state index in [2.05, 4.69) is 13.2 Å². The Bertz CT molecular complexity index is 1550. The molecular formula is C34H34O9. The average molecular weight is 587 g/mol. The third kappa shape index (κ3) is 9.16. The standard InChI is InChI=1S/C34H34O9/c1-20(2)32(36)40-26-13-10-24(11-14-26)25-12-16-27(29(19-25)39-7)41-31(35)17-9-23-8-15-28(42-33(37)21(3)4)30(18-23)43-34(38)22(5)6/h8,10-16,18-20H,3,5,9,17H2,1-2,4,6-7H3. The number of methoxy groups -OCH3 is 1. The highest BCUT2D eigenvalue weighted by atomic mass is 16.6. The lowest BCUT2D eigenvalue weighted by Gasteiger charge is -2.13. The second-order valence-corrected chi connectivity index (χ2v) is 10.1. The van der Waals surface area contributed by atoms with Crippen LogP contribution in [-0.2, 0) is 25.6 Å². The van der Waals surface area contributed by atoms with E-state index in [0.29, 0.717) is 17.1 Å². The van der Waals surface area contributed by atoms with E-state index in [1.54, 1.807) is 50.2 Å². The van der Waals surface area contributed by atoms with Crippen molar-refractivity contribution in [3.63, 3.8) is 0 Å². The van der Waals surface area contributed by atoms with Gasteiger partial charge in [-0.25, -0.2) is 9.59 Å². The maximum Gasteiger partial charge on any atom is 0.338 e. The normalized spacial score (nSPS) is 10.5. The van der Waals surface area contributed by atoms with Gasteiger partial charge in [-0.3, -0.25) is 9.59 Å². The first-order valence-electron chi connectivity index (χ1n) is 13.5. The van der Waals surface area contributed by atoms with Gasteiger partial charge in [-0.05, 0) is 73.4 Å². The molecule has 0 unspecified atom stereocenters. The minimum atomic E-state index is -0.690. The van der Waals surface area contributed by atoms with Gasteiger partial charge in [-0.1, -0.05) is 51.3 Å². The van der Waals surface area contributed by atoms with Crippen LogP contribution in [0.25, 0.3) is 11.1 Å². The van der Waals surface area contributed by atoms with Crippen LogP contribution in [0.2, 0.25) is 0 Å². The molecule has 0 aliphatic rings. The number of carbonyl (C=O) groups is 4. The lowest BCUT2D eigenvalue weighted by Crippen LogP contribution is -2.14. The molecule has 3 rings (SSSR count). The Morgan fingerprint density at radius 2 is 1.23 bits per heavy atom. The monoisotopic (exact) mass is 586 g/mol. The number of aryl methyl sites for hydroxylation is 1. The fourth-order valence-corrected chi connectivity index (χ4v) is 3.55. The Balaban J connectivity index is 1.69. The molecule has 0 amide bonds. The quantitative estimate of drug-likeness (QED) is 0.135. The van der Waals surface area contributed by atoms with Crippen LogP contribution in [0.15, 0.2) is 85.0 Å². The first-order chi connectivity index (χ1) is 20.4. The summed E-state index contributed by atoms with van der Waals surface area (Å²) in [6.45, 7) is 13.6. The molecule has 0 bridgehead atoms. The first-order valence-corrected chi connectivity index (χ1v) is 13.5. The summed E-state index contributed by atoms with van der Waals surface area (Å²) in [5.41, 5.74) is 2.63. The molecule has 0 spiro atoms. The molecule has 0 radical (unpaired) electrons. The summed E-state index contributed by atoms with van der Waals surface area (Å²) >= 11 is 0. The second-order valence-electron chi connectivity index (χ2n) is 10.1. The van der Waals surface area contributed by atoms with Gasteiger partial charge in [0, 0.05) is 17.6 Å². The van der Waals surface area contributed by atoms with Crippen molar-refractivity contribution in [3.8, 4) is 39.9 Å². The van der Waals surface area contributed by atoms with Crippen molar-refractivity contribution in [3.05, 3.63) is 90.5 Å². The zero-order valence-electron chi connectivity index (χ0n) is 24.9. The zero-order chi connectivity index (χ0) is 31.7. The van der Waals surface area contributed by atoms with Crippen LogP contribution >= 0.6 is 0 Å². The molecule has 0 aliphatic carbocycles. The molecule has 0 N–H and O–H groups in total. The summed E-state index contributed by atoms with van der Waals surface area (Å²) < 4.78 is 27.0. The molecule has 224 valence electrons. The molecule has 0 aliphatic heterocycles.